The molecule has 1 aromatic heterocycles. The van der Waals surface area contributed by atoms with Crippen LogP contribution >= 0.6 is 11.8 Å². The van der Waals surface area contributed by atoms with Gasteiger partial charge in [-0.3, -0.25) is 0 Å². The van der Waals surface area contributed by atoms with Gasteiger partial charge in [0.2, 0.25) is 0 Å². The van der Waals surface area contributed by atoms with Crippen LogP contribution in [-0.2, 0) is 4.74 Å². The maximum atomic E-state index is 5.38. The summed E-state index contributed by atoms with van der Waals surface area (Å²) < 4.78 is 5.38. The number of rotatable bonds is 4. The Morgan fingerprint density at radius 1 is 1.50 bits per heavy atom. The Hall–Kier alpha value is -1.00. The molecule has 1 N–H and O–H groups in total. The zero-order chi connectivity index (χ0) is 11.2. The summed E-state index contributed by atoms with van der Waals surface area (Å²) in [7, 11) is 0. The van der Waals surface area contributed by atoms with E-state index in [4.69, 9.17) is 4.74 Å². The number of ether oxygens (including phenoxy) is 1. The Balaban J connectivity index is 1.86. The zero-order valence-electron chi connectivity index (χ0n) is 9.40. The molecule has 1 aromatic rings. The molecule has 0 saturated heterocycles. The van der Waals surface area contributed by atoms with Crippen LogP contribution in [0.3, 0.4) is 0 Å². The van der Waals surface area contributed by atoms with Crippen LogP contribution in [0.1, 0.15) is 6.42 Å². The van der Waals surface area contributed by atoms with Gasteiger partial charge in [0, 0.05) is 6.54 Å². The van der Waals surface area contributed by atoms with Gasteiger partial charge in [0.05, 0.1) is 30.1 Å². The molecule has 2 heterocycles. The Morgan fingerprint density at radius 2 is 2.44 bits per heavy atom. The van der Waals surface area contributed by atoms with E-state index in [-0.39, 0.29) is 0 Å². The molecule has 0 bridgehead atoms. The standard InChI is InChI=1S/C12H16N2OS/c1-16-12-5-4-11(8-14-12)13-7-10-3-2-6-15-9-10/h3-5,8,13H,2,6-7,9H2,1H3. The van der Waals surface area contributed by atoms with E-state index in [1.807, 2.05) is 18.5 Å². The molecule has 0 saturated carbocycles. The summed E-state index contributed by atoms with van der Waals surface area (Å²) in [6.07, 6.45) is 7.18. The number of hydrogen-bond donors (Lipinski definition) is 1. The largest absolute Gasteiger partial charge is 0.380 e. The van der Waals surface area contributed by atoms with Crippen LogP contribution in [0.25, 0.3) is 0 Å². The Kier molecular flexibility index (Phi) is 4.25. The van der Waals surface area contributed by atoms with Crippen LogP contribution in [0.5, 0.6) is 0 Å². The van der Waals surface area contributed by atoms with Gasteiger partial charge in [-0.15, -0.1) is 11.8 Å². The van der Waals surface area contributed by atoms with E-state index >= 15 is 0 Å². The van der Waals surface area contributed by atoms with Crippen LogP contribution in [0.2, 0.25) is 0 Å². The highest BCUT2D eigenvalue weighted by Gasteiger charge is 2.03. The fourth-order valence-corrected chi connectivity index (χ4v) is 1.92. The smallest absolute Gasteiger partial charge is 0.0958 e. The molecule has 0 aromatic carbocycles. The number of thioether (sulfide) groups is 1. The van der Waals surface area contributed by atoms with Crippen LogP contribution in [-0.4, -0.2) is 31.0 Å². The summed E-state index contributed by atoms with van der Waals surface area (Å²) in [5, 5.41) is 4.39. The van der Waals surface area contributed by atoms with Gasteiger partial charge in [0.1, 0.15) is 0 Å². The Bertz CT molecular complexity index is 362. The first-order valence-corrected chi connectivity index (χ1v) is 6.60. The van der Waals surface area contributed by atoms with Gasteiger partial charge in [0.25, 0.3) is 0 Å². The normalized spacial score (nSPS) is 15.7. The third kappa shape index (κ3) is 3.25. The predicted octanol–water partition coefficient (Wildman–Crippen LogP) is 2.56. The molecule has 0 atom stereocenters. The van der Waals surface area contributed by atoms with Gasteiger partial charge >= 0.3 is 0 Å². The third-order valence-corrected chi connectivity index (χ3v) is 3.11. The highest BCUT2D eigenvalue weighted by atomic mass is 32.2. The average Bonchev–Trinajstić information content (AvgIpc) is 2.38. The summed E-state index contributed by atoms with van der Waals surface area (Å²) >= 11 is 1.65. The van der Waals surface area contributed by atoms with Crippen molar-refractivity contribution in [1.82, 2.24) is 4.98 Å². The van der Waals surface area contributed by atoms with Crippen molar-refractivity contribution in [1.29, 1.82) is 0 Å². The van der Waals surface area contributed by atoms with Crippen LogP contribution in [0, 0.1) is 0 Å². The molecule has 1 aliphatic heterocycles. The highest BCUT2D eigenvalue weighted by molar-refractivity contribution is 7.98. The fourth-order valence-electron chi connectivity index (χ4n) is 1.55. The highest BCUT2D eigenvalue weighted by Crippen LogP contribution is 2.14. The van der Waals surface area contributed by atoms with E-state index in [0.29, 0.717) is 0 Å². The summed E-state index contributed by atoms with van der Waals surface area (Å²) in [4.78, 5) is 4.31. The van der Waals surface area contributed by atoms with Gasteiger partial charge in [0.15, 0.2) is 0 Å². The lowest BCUT2D eigenvalue weighted by atomic mass is 10.2. The molecule has 16 heavy (non-hydrogen) atoms. The number of anilines is 1. The minimum absolute atomic E-state index is 0.753. The van der Waals surface area contributed by atoms with Crippen LogP contribution in [0.15, 0.2) is 35.0 Å². The third-order valence-electron chi connectivity index (χ3n) is 2.45. The van der Waals surface area contributed by atoms with Crippen molar-refractivity contribution < 1.29 is 4.74 Å². The van der Waals surface area contributed by atoms with Crippen LogP contribution in [0.4, 0.5) is 5.69 Å². The molecule has 0 unspecified atom stereocenters. The van der Waals surface area contributed by atoms with Crippen molar-refractivity contribution in [3.05, 3.63) is 30.0 Å². The second kappa shape index (κ2) is 5.92. The van der Waals surface area contributed by atoms with Crippen molar-refractivity contribution in [3.63, 3.8) is 0 Å². The summed E-state index contributed by atoms with van der Waals surface area (Å²) in [5.74, 6) is 0. The molecule has 3 nitrogen and oxygen atoms in total. The minimum atomic E-state index is 0.753. The lowest BCUT2D eigenvalue weighted by molar-refractivity contribution is 0.150. The number of nitrogens with zero attached hydrogens (tertiary/aromatic N) is 1. The van der Waals surface area contributed by atoms with E-state index in [9.17, 15) is 0 Å². The Labute approximate surface area is 100 Å². The van der Waals surface area contributed by atoms with Gasteiger partial charge in [-0.2, -0.15) is 0 Å². The van der Waals surface area contributed by atoms with E-state index in [2.05, 4.69) is 22.4 Å². The molecular weight excluding hydrogens is 220 g/mol. The van der Waals surface area contributed by atoms with Gasteiger partial charge in [-0.25, -0.2) is 4.98 Å². The average molecular weight is 236 g/mol. The summed E-state index contributed by atoms with van der Waals surface area (Å²) in [6, 6.07) is 4.09. The number of hydrogen-bond acceptors (Lipinski definition) is 4. The maximum Gasteiger partial charge on any atom is 0.0958 e. The van der Waals surface area contributed by atoms with Crippen molar-refractivity contribution in [3.8, 4) is 0 Å². The van der Waals surface area contributed by atoms with Crippen molar-refractivity contribution in [2.24, 2.45) is 0 Å². The number of aromatic nitrogens is 1. The van der Waals surface area contributed by atoms with Crippen molar-refractivity contribution in [2.45, 2.75) is 11.4 Å². The number of nitrogens with one attached hydrogen (secondary N) is 1. The maximum absolute atomic E-state index is 5.38. The van der Waals surface area contributed by atoms with Gasteiger partial charge in [-0.05, 0) is 30.4 Å². The van der Waals surface area contributed by atoms with Gasteiger partial charge in [-0.1, -0.05) is 6.08 Å². The molecule has 1 aliphatic rings. The second-order valence-corrected chi connectivity index (χ2v) is 4.47. The molecule has 0 radical (unpaired) electrons. The monoisotopic (exact) mass is 236 g/mol. The first-order valence-electron chi connectivity index (χ1n) is 5.38. The van der Waals surface area contributed by atoms with E-state index in [1.165, 1.54) is 5.57 Å². The summed E-state index contributed by atoms with van der Waals surface area (Å²) in [6.45, 7) is 2.46. The second-order valence-electron chi connectivity index (χ2n) is 3.65. The molecular formula is C12H16N2OS. The fraction of sp³-hybridized carbons (Fsp3) is 0.417. The zero-order valence-corrected chi connectivity index (χ0v) is 10.2. The first kappa shape index (κ1) is 11.5. The quantitative estimate of drug-likeness (QED) is 0.643. The molecule has 0 spiro atoms. The first-order chi connectivity index (χ1) is 7.88. The molecule has 86 valence electrons. The van der Waals surface area contributed by atoms with E-state index < -0.39 is 0 Å². The number of pyridine rings is 1. The molecule has 0 fully saturated rings. The molecule has 2 rings (SSSR count). The summed E-state index contributed by atoms with van der Waals surface area (Å²) in [5.41, 5.74) is 2.38. The van der Waals surface area contributed by atoms with E-state index in [0.717, 1.165) is 36.9 Å². The molecule has 4 heteroatoms. The SMILES string of the molecule is CSc1ccc(NCC2=CCCOC2)cn1. The lowest BCUT2D eigenvalue weighted by Crippen LogP contribution is -2.14. The topological polar surface area (TPSA) is 34.1 Å². The predicted molar refractivity (Wildman–Crippen MR) is 68.0 cm³/mol. The molecule has 0 amide bonds. The van der Waals surface area contributed by atoms with Crippen molar-refractivity contribution in [2.75, 3.05) is 31.3 Å². The van der Waals surface area contributed by atoms with E-state index in [1.54, 1.807) is 11.8 Å². The Morgan fingerprint density at radius 3 is 3.06 bits per heavy atom. The lowest BCUT2D eigenvalue weighted by Gasteiger charge is -2.14. The van der Waals surface area contributed by atoms with Crippen LogP contribution < -0.4 is 5.32 Å². The van der Waals surface area contributed by atoms with Gasteiger partial charge < -0.3 is 10.1 Å². The molecule has 0 aliphatic carbocycles. The minimum Gasteiger partial charge on any atom is -0.380 e. The van der Waals surface area contributed by atoms with Crippen molar-refractivity contribution >= 4 is 17.4 Å².